The molecule has 210 valence electrons. The maximum Gasteiger partial charge on any atom is 0.241 e. The number of amides is 1. The predicted octanol–water partition coefficient (Wildman–Crippen LogP) is 4.07. The van der Waals surface area contributed by atoms with Gasteiger partial charge in [-0.25, -0.2) is 8.42 Å². The van der Waals surface area contributed by atoms with Crippen LogP contribution in [0.25, 0.3) is 0 Å². The van der Waals surface area contributed by atoms with Crippen LogP contribution in [0.15, 0.2) is 48.5 Å². The van der Waals surface area contributed by atoms with E-state index in [1.807, 2.05) is 24.3 Å². The van der Waals surface area contributed by atoms with Crippen LogP contribution in [0.4, 0.5) is 5.69 Å². The molecule has 5 aliphatic rings. The van der Waals surface area contributed by atoms with Gasteiger partial charge in [-0.3, -0.25) is 14.0 Å². The Morgan fingerprint density at radius 3 is 2.05 bits per heavy atom. The van der Waals surface area contributed by atoms with Gasteiger partial charge in [0.2, 0.25) is 15.9 Å². The summed E-state index contributed by atoms with van der Waals surface area (Å²) in [6, 6.07) is 16.3. The predicted molar refractivity (Wildman–Crippen MR) is 153 cm³/mol. The van der Waals surface area contributed by atoms with Crippen LogP contribution < -0.4 is 9.62 Å². The molecule has 4 bridgehead atoms. The van der Waals surface area contributed by atoms with E-state index in [-0.39, 0.29) is 17.9 Å². The number of nitrogens with one attached hydrogen (secondary N) is 1. The lowest BCUT2D eigenvalue weighted by Gasteiger charge is -2.57. The summed E-state index contributed by atoms with van der Waals surface area (Å²) >= 11 is 0. The first-order valence-electron chi connectivity index (χ1n) is 14.5. The second-order valence-electron chi connectivity index (χ2n) is 12.5. The van der Waals surface area contributed by atoms with Gasteiger partial charge in [-0.2, -0.15) is 0 Å². The van der Waals surface area contributed by atoms with E-state index < -0.39 is 10.0 Å². The van der Waals surface area contributed by atoms with Crippen molar-refractivity contribution in [2.24, 2.45) is 17.8 Å². The highest BCUT2D eigenvalue weighted by molar-refractivity contribution is 7.92. The number of hydrogen-bond donors (Lipinski definition) is 1. The van der Waals surface area contributed by atoms with Crippen molar-refractivity contribution >= 4 is 21.6 Å². The number of ether oxygens (including phenoxy) is 1. The minimum atomic E-state index is -3.61. The quantitative estimate of drug-likeness (QED) is 0.508. The number of sulfonamides is 1. The van der Waals surface area contributed by atoms with E-state index in [4.69, 9.17) is 4.74 Å². The van der Waals surface area contributed by atoms with E-state index in [0.717, 1.165) is 56.2 Å². The lowest BCUT2D eigenvalue weighted by atomic mass is 9.48. The molecule has 5 fully saturated rings. The van der Waals surface area contributed by atoms with Crippen molar-refractivity contribution in [3.63, 3.8) is 0 Å². The molecule has 4 saturated carbocycles. The van der Waals surface area contributed by atoms with Crippen molar-refractivity contribution in [1.29, 1.82) is 0 Å². The second-order valence-corrected chi connectivity index (χ2v) is 14.4. The molecule has 7 nitrogen and oxygen atoms in total. The van der Waals surface area contributed by atoms with Crippen molar-refractivity contribution < 1.29 is 17.9 Å². The lowest BCUT2D eigenvalue weighted by Crippen LogP contribution is -2.48. The van der Waals surface area contributed by atoms with Crippen LogP contribution in [0.2, 0.25) is 0 Å². The summed E-state index contributed by atoms with van der Waals surface area (Å²) in [7, 11) is -3.61. The number of benzene rings is 2. The van der Waals surface area contributed by atoms with Gasteiger partial charge < -0.3 is 10.1 Å². The molecular weight excluding hydrogens is 510 g/mol. The van der Waals surface area contributed by atoms with E-state index in [2.05, 4.69) is 34.5 Å². The molecule has 1 N–H and O–H groups in total. The maximum atomic E-state index is 12.8. The lowest BCUT2D eigenvalue weighted by molar-refractivity contribution is -0.119. The molecule has 8 heteroatoms. The van der Waals surface area contributed by atoms with E-state index >= 15 is 0 Å². The number of carbonyl (C=O) groups is 1. The third-order valence-corrected chi connectivity index (χ3v) is 10.7. The van der Waals surface area contributed by atoms with E-state index in [1.54, 1.807) is 0 Å². The first-order chi connectivity index (χ1) is 18.8. The molecule has 1 heterocycles. The molecule has 39 heavy (non-hydrogen) atoms. The summed E-state index contributed by atoms with van der Waals surface area (Å²) in [6.07, 6.45) is 9.16. The Kier molecular flexibility index (Phi) is 7.46. The number of carbonyl (C=O) groups excluding carboxylic acids is 1. The number of anilines is 1. The first kappa shape index (κ1) is 26.8. The third kappa shape index (κ3) is 6.03. The topological polar surface area (TPSA) is 79.0 Å². The zero-order chi connectivity index (χ0) is 27.0. The van der Waals surface area contributed by atoms with Gasteiger partial charge in [-0.15, -0.1) is 0 Å². The summed E-state index contributed by atoms with van der Waals surface area (Å²) in [6.45, 7) is 4.46. The highest BCUT2D eigenvalue weighted by Crippen LogP contribution is 2.60. The Bertz CT molecular complexity index is 1230. The van der Waals surface area contributed by atoms with Gasteiger partial charge in [0.15, 0.2) is 0 Å². The summed E-state index contributed by atoms with van der Waals surface area (Å²) in [4.78, 5) is 15.2. The zero-order valence-electron chi connectivity index (χ0n) is 23.0. The largest absolute Gasteiger partial charge is 0.379 e. The van der Waals surface area contributed by atoms with E-state index in [9.17, 15) is 13.2 Å². The number of rotatable bonds is 9. The van der Waals surface area contributed by atoms with Crippen molar-refractivity contribution in [2.75, 3.05) is 43.4 Å². The summed E-state index contributed by atoms with van der Waals surface area (Å²) in [5.41, 5.74) is 4.37. The van der Waals surface area contributed by atoms with Crippen molar-refractivity contribution in [2.45, 2.75) is 57.0 Å². The third-order valence-electron chi connectivity index (χ3n) is 9.52. The summed E-state index contributed by atoms with van der Waals surface area (Å²) in [5, 5.41) is 2.90. The van der Waals surface area contributed by atoms with Crippen LogP contribution in [-0.2, 0) is 38.1 Å². The van der Waals surface area contributed by atoms with Gasteiger partial charge >= 0.3 is 0 Å². The molecule has 0 atom stereocenters. The minimum Gasteiger partial charge on any atom is -0.379 e. The highest BCUT2D eigenvalue weighted by Gasteiger charge is 2.51. The molecule has 0 spiro atoms. The fourth-order valence-corrected chi connectivity index (χ4v) is 8.87. The van der Waals surface area contributed by atoms with Crippen molar-refractivity contribution in [3.05, 3.63) is 65.2 Å². The molecule has 1 saturated heterocycles. The standard InChI is InChI=1S/C31H41N3O4S/c1-39(36,37)34(22-30(35)32-20-23-2-4-24(5-3-23)21-33-10-12-38-13-11-33)29-8-6-28(7-9-29)31-17-25-14-26(18-31)16-27(15-25)19-31/h2-9,25-27H,10-22H2,1H3,(H,32,35). The van der Waals surface area contributed by atoms with Gasteiger partial charge in [0.1, 0.15) is 6.54 Å². The Balaban J connectivity index is 1.07. The van der Waals surface area contributed by atoms with E-state index in [0.29, 0.717) is 12.2 Å². The fraction of sp³-hybridized carbons (Fsp3) is 0.581. The highest BCUT2D eigenvalue weighted by atomic mass is 32.2. The monoisotopic (exact) mass is 551 g/mol. The second kappa shape index (κ2) is 10.9. The smallest absolute Gasteiger partial charge is 0.241 e. The fourth-order valence-electron chi connectivity index (χ4n) is 8.01. The summed E-state index contributed by atoms with van der Waals surface area (Å²) < 4.78 is 32.0. The number of morpholine rings is 1. The number of nitrogens with zero attached hydrogens (tertiary/aromatic N) is 2. The zero-order valence-corrected chi connectivity index (χ0v) is 23.8. The van der Waals surface area contributed by atoms with Gasteiger partial charge in [-0.05, 0) is 90.5 Å². The maximum absolute atomic E-state index is 12.8. The SMILES string of the molecule is CS(=O)(=O)N(CC(=O)NCc1ccc(CN2CCOCC2)cc1)c1ccc(C23CC4CC(CC(C4)C2)C3)cc1. The normalized spacial score (nSPS) is 28.4. The molecule has 7 rings (SSSR count). The molecule has 0 unspecified atom stereocenters. The van der Waals surface area contributed by atoms with Crippen LogP contribution in [0.1, 0.15) is 55.2 Å². The van der Waals surface area contributed by atoms with Crippen molar-refractivity contribution in [3.8, 4) is 0 Å². The molecule has 1 amide bonds. The van der Waals surface area contributed by atoms with Crippen LogP contribution in [-0.4, -0.2) is 58.3 Å². The van der Waals surface area contributed by atoms with Crippen LogP contribution in [0.3, 0.4) is 0 Å². The Hall–Kier alpha value is -2.42. The van der Waals surface area contributed by atoms with Crippen molar-refractivity contribution in [1.82, 2.24) is 10.2 Å². The average Bonchev–Trinajstić information content (AvgIpc) is 2.91. The van der Waals surface area contributed by atoms with Crippen LogP contribution >= 0.6 is 0 Å². The minimum absolute atomic E-state index is 0.231. The molecular formula is C31H41N3O4S. The summed E-state index contributed by atoms with van der Waals surface area (Å²) in [5.74, 6) is 2.25. The molecule has 1 aliphatic heterocycles. The first-order valence-corrected chi connectivity index (χ1v) is 16.3. The van der Waals surface area contributed by atoms with Crippen LogP contribution in [0, 0.1) is 17.8 Å². The molecule has 0 radical (unpaired) electrons. The van der Waals surface area contributed by atoms with Crippen LogP contribution in [0.5, 0.6) is 0 Å². The van der Waals surface area contributed by atoms with E-state index in [1.165, 1.54) is 60.2 Å². The van der Waals surface area contributed by atoms with Gasteiger partial charge in [0.25, 0.3) is 0 Å². The Labute approximate surface area is 233 Å². The Morgan fingerprint density at radius 2 is 1.49 bits per heavy atom. The molecule has 2 aromatic carbocycles. The Morgan fingerprint density at radius 1 is 0.923 bits per heavy atom. The average molecular weight is 552 g/mol. The van der Waals surface area contributed by atoms with Gasteiger partial charge in [0, 0.05) is 26.2 Å². The molecule has 2 aromatic rings. The molecule has 4 aliphatic carbocycles. The van der Waals surface area contributed by atoms with Gasteiger partial charge in [-0.1, -0.05) is 36.4 Å². The van der Waals surface area contributed by atoms with Gasteiger partial charge in [0.05, 0.1) is 25.2 Å². The number of hydrogen-bond acceptors (Lipinski definition) is 5. The molecule has 0 aromatic heterocycles.